The Balaban J connectivity index is 2.37. The first-order valence-corrected chi connectivity index (χ1v) is 6.13. The van der Waals surface area contributed by atoms with Crippen LogP contribution in [0.4, 0.5) is 5.69 Å². The number of hydrogen-bond donors (Lipinski definition) is 1. The van der Waals surface area contributed by atoms with Crippen LogP contribution in [0.1, 0.15) is 10.4 Å². The Bertz CT molecular complexity index is 600. The first-order chi connectivity index (χ1) is 8.58. The zero-order chi connectivity index (χ0) is 13.1. The molecule has 9 heteroatoms. The van der Waals surface area contributed by atoms with E-state index in [-0.39, 0.29) is 5.56 Å². The van der Waals surface area contributed by atoms with Crippen molar-refractivity contribution in [2.75, 3.05) is 0 Å². The lowest BCUT2D eigenvalue weighted by atomic mass is 10.2. The van der Waals surface area contributed by atoms with Crippen LogP contribution in [0.25, 0.3) is 0 Å². The number of benzene rings is 1. The molecule has 1 aromatic carbocycles. The summed E-state index contributed by atoms with van der Waals surface area (Å²) in [6.07, 6.45) is 1.38. The molecule has 7 nitrogen and oxygen atoms in total. The van der Waals surface area contributed by atoms with E-state index >= 15 is 0 Å². The first kappa shape index (κ1) is 12.5. The van der Waals surface area contributed by atoms with Gasteiger partial charge in [-0.15, -0.1) is 0 Å². The van der Waals surface area contributed by atoms with Gasteiger partial charge in [0.25, 0.3) is 5.69 Å². The number of rotatable bonds is 4. The summed E-state index contributed by atoms with van der Waals surface area (Å²) in [5.41, 5.74) is -0.765. The second-order valence-electron chi connectivity index (χ2n) is 3.05. The summed E-state index contributed by atoms with van der Waals surface area (Å²) in [5, 5.41) is 19.6. The summed E-state index contributed by atoms with van der Waals surface area (Å²) in [6.45, 7) is 0. The van der Waals surface area contributed by atoms with Gasteiger partial charge in [-0.05, 0) is 23.7 Å². The van der Waals surface area contributed by atoms with Gasteiger partial charge >= 0.3 is 5.97 Å². The Labute approximate surface area is 109 Å². The lowest BCUT2D eigenvalue weighted by molar-refractivity contribution is -0.385. The molecule has 18 heavy (non-hydrogen) atoms. The van der Waals surface area contributed by atoms with Crippen molar-refractivity contribution in [2.45, 2.75) is 9.24 Å². The summed E-state index contributed by atoms with van der Waals surface area (Å²) < 4.78 is 4.44. The van der Waals surface area contributed by atoms with Crippen LogP contribution < -0.4 is 0 Å². The van der Waals surface area contributed by atoms with Crippen molar-refractivity contribution in [3.63, 3.8) is 0 Å². The Morgan fingerprint density at radius 3 is 2.83 bits per heavy atom. The van der Waals surface area contributed by atoms with Gasteiger partial charge in [0.05, 0.1) is 4.92 Å². The van der Waals surface area contributed by atoms with E-state index in [1.165, 1.54) is 36.3 Å². The number of carbonyl (C=O) groups is 1. The molecule has 0 radical (unpaired) electrons. The predicted octanol–water partition coefficient (Wildman–Crippen LogP) is 2.30. The van der Waals surface area contributed by atoms with E-state index in [4.69, 9.17) is 5.11 Å². The Morgan fingerprint density at radius 2 is 2.28 bits per heavy atom. The second kappa shape index (κ2) is 5.10. The van der Waals surface area contributed by atoms with Crippen molar-refractivity contribution in [1.82, 2.24) is 9.36 Å². The molecule has 2 aromatic rings. The molecule has 1 aromatic heterocycles. The van der Waals surface area contributed by atoms with Gasteiger partial charge in [0.2, 0.25) is 0 Å². The van der Waals surface area contributed by atoms with Crippen LogP contribution in [0.5, 0.6) is 0 Å². The molecule has 0 atom stereocenters. The van der Waals surface area contributed by atoms with Gasteiger partial charge in [-0.1, -0.05) is 11.8 Å². The van der Waals surface area contributed by atoms with E-state index < -0.39 is 16.6 Å². The number of hydrogen-bond acceptors (Lipinski definition) is 7. The highest BCUT2D eigenvalue weighted by Gasteiger charge is 2.20. The minimum absolute atomic E-state index is 0.332. The average Bonchev–Trinajstić information content (AvgIpc) is 2.81. The van der Waals surface area contributed by atoms with Crippen LogP contribution >= 0.6 is 23.3 Å². The maximum absolute atomic E-state index is 10.8. The number of aromatic nitrogens is 2. The van der Waals surface area contributed by atoms with Crippen molar-refractivity contribution in [1.29, 1.82) is 0 Å². The molecule has 0 fully saturated rings. The Morgan fingerprint density at radius 1 is 1.50 bits per heavy atom. The molecule has 0 saturated heterocycles. The fraction of sp³-hybridized carbons (Fsp3) is 0. The summed E-state index contributed by atoms with van der Waals surface area (Å²) in [4.78, 5) is 25.4. The molecule has 0 saturated carbocycles. The quantitative estimate of drug-likeness (QED) is 0.677. The Kier molecular flexibility index (Phi) is 3.53. The summed E-state index contributed by atoms with van der Waals surface area (Å²) >= 11 is 2.35. The highest BCUT2D eigenvalue weighted by molar-refractivity contribution is 8.01. The molecule has 2 rings (SSSR count). The molecule has 0 aliphatic heterocycles. The monoisotopic (exact) mass is 283 g/mol. The number of carboxylic acids is 1. The molecule has 92 valence electrons. The number of aromatic carboxylic acids is 1. The number of carboxylic acid groups (broad SMARTS) is 1. The first-order valence-electron chi connectivity index (χ1n) is 4.54. The van der Waals surface area contributed by atoms with Crippen molar-refractivity contribution in [3.8, 4) is 0 Å². The topological polar surface area (TPSA) is 106 Å². The van der Waals surface area contributed by atoms with Crippen LogP contribution in [0.15, 0.2) is 33.8 Å². The van der Waals surface area contributed by atoms with E-state index in [0.29, 0.717) is 9.24 Å². The van der Waals surface area contributed by atoms with Crippen LogP contribution in [-0.4, -0.2) is 25.4 Å². The SMILES string of the molecule is O=C(O)c1ccc(Sc2ncns2)cc1[N+](=O)[O-]. The van der Waals surface area contributed by atoms with Gasteiger partial charge in [-0.25, -0.2) is 9.78 Å². The third kappa shape index (κ3) is 2.63. The number of nitro groups is 1. The van der Waals surface area contributed by atoms with Crippen molar-refractivity contribution in [3.05, 3.63) is 40.2 Å². The molecule has 0 unspecified atom stereocenters. The fourth-order valence-corrected chi connectivity index (χ4v) is 2.67. The normalized spacial score (nSPS) is 10.2. The van der Waals surface area contributed by atoms with E-state index in [1.54, 1.807) is 0 Å². The summed E-state index contributed by atoms with van der Waals surface area (Å²) in [5.74, 6) is -1.32. The molecular weight excluding hydrogens is 278 g/mol. The molecule has 0 aliphatic rings. The smallest absolute Gasteiger partial charge is 0.342 e. The molecule has 0 amide bonds. The second-order valence-corrected chi connectivity index (χ2v) is 5.15. The minimum Gasteiger partial charge on any atom is -0.477 e. The molecular formula is C9H5N3O4S2. The van der Waals surface area contributed by atoms with Crippen LogP contribution in [0.2, 0.25) is 0 Å². The molecule has 0 spiro atoms. The van der Waals surface area contributed by atoms with Crippen LogP contribution in [0.3, 0.4) is 0 Å². The molecule has 1 heterocycles. The van der Waals surface area contributed by atoms with Crippen LogP contribution in [0, 0.1) is 10.1 Å². The highest BCUT2D eigenvalue weighted by Crippen LogP contribution is 2.32. The van der Waals surface area contributed by atoms with E-state index in [2.05, 4.69) is 9.36 Å². The molecule has 0 bridgehead atoms. The maximum Gasteiger partial charge on any atom is 0.342 e. The largest absolute Gasteiger partial charge is 0.477 e. The third-order valence-electron chi connectivity index (χ3n) is 1.94. The zero-order valence-corrected chi connectivity index (χ0v) is 10.3. The van der Waals surface area contributed by atoms with Gasteiger partial charge in [-0.2, -0.15) is 4.37 Å². The standard InChI is InChI=1S/C9H5N3O4S2/c13-8(14)6-2-1-5(3-7(6)12(15)16)17-9-10-4-11-18-9/h1-4H,(H,13,14). The van der Waals surface area contributed by atoms with Gasteiger partial charge < -0.3 is 5.11 Å². The van der Waals surface area contributed by atoms with E-state index in [9.17, 15) is 14.9 Å². The third-order valence-corrected chi connectivity index (χ3v) is 3.65. The number of nitro benzene ring substituents is 1. The minimum atomic E-state index is -1.32. The molecule has 0 aliphatic carbocycles. The van der Waals surface area contributed by atoms with Crippen molar-refractivity contribution < 1.29 is 14.8 Å². The van der Waals surface area contributed by atoms with Gasteiger partial charge in [0, 0.05) is 11.0 Å². The van der Waals surface area contributed by atoms with Crippen molar-refractivity contribution >= 4 is 35.0 Å². The lowest BCUT2D eigenvalue weighted by Crippen LogP contribution is -2.02. The Hall–Kier alpha value is -2.00. The average molecular weight is 283 g/mol. The van der Waals surface area contributed by atoms with Gasteiger partial charge in [0.15, 0.2) is 4.34 Å². The zero-order valence-electron chi connectivity index (χ0n) is 8.64. The maximum atomic E-state index is 10.8. The molecule has 1 N–H and O–H groups in total. The van der Waals surface area contributed by atoms with Gasteiger partial charge in [0.1, 0.15) is 11.9 Å². The van der Waals surface area contributed by atoms with Gasteiger partial charge in [-0.3, -0.25) is 10.1 Å². The highest BCUT2D eigenvalue weighted by atomic mass is 32.2. The lowest BCUT2D eigenvalue weighted by Gasteiger charge is -2.00. The fourth-order valence-electron chi connectivity index (χ4n) is 1.22. The van der Waals surface area contributed by atoms with E-state index in [1.807, 2.05) is 0 Å². The van der Waals surface area contributed by atoms with Crippen LogP contribution in [-0.2, 0) is 0 Å². The summed E-state index contributed by atoms with van der Waals surface area (Å²) in [7, 11) is 0. The van der Waals surface area contributed by atoms with E-state index in [0.717, 1.165) is 11.5 Å². The predicted molar refractivity (Wildman–Crippen MR) is 64.1 cm³/mol. The van der Waals surface area contributed by atoms with Crippen molar-refractivity contribution in [2.24, 2.45) is 0 Å². The number of nitrogens with zero attached hydrogens (tertiary/aromatic N) is 3. The summed E-state index contributed by atoms with van der Waals surface area (Å²) in [6, 6.07) is 3.93.